The number of carboxylic acids is 1. The summed E-state index contributed by atoms with van der Waals surface area (Å²) < 4.78 is 12.7. The number of hydrogen-bond acceptors (Lipinski definition) is 2. The molecule has 1 rings (SSSR count). The zero-order valence-electron chi connectivity index (χ0n) is 7.70. The average Bonchev–Trinajstić information content (AvgIpc) is 2.07. The molecule has 0 saturated carbocycles. The smallest absolute Gasteiger partial charge is 0.336 e. The van der Waals surface area contributed by atoms with Gasteiger partial charge in [0.05, 0.1) is 11.7 Å². The van der Waals surface area contributed by atoms with Gasteiger partial charge in [-0.05, 0) is 31.0 Å². The maximum Gasteiger partial charge on any atom is 0.336 e. The van der Waals surface area contributed by atoms with Crippen LogP contribution in [-0.4, -0.2) is 22.3 Å². The van der Waals surface area contributed by atoms with Gasteiger partial charge in [-0.3, -0.25) is 0 Å². The van der Waals surface area contributed by atoms with Gasteiger partial charge >= 0.3 is 5.97 Å². The van der Waals surface area contributed by atoms with Crippen LogP contribution in [0.4, 0.5) is 4.39 Å². The van der Waals surface area contributed by atoms with E-state index in [9.17, 15) is 9.18 Å². The molecule has 3 nitrogen and oxygen atoms in total. The first-order valence-electron chi connectivity index (χ1n) is 4.20. The van der Waals surface area contributed by atoms with Crippen LogP contribution in [0.1, 0.15) is 22.8 Å². The first kappa shape index (κ1) is 10.7. The van der Waals surface area contributed by atoms with Crippen molar-refractivity contribution in [2.75, 3.05) is 0 Å². The molecule has 1 unspecified atom stereocenters. The highest BCUT2D eigenvalue weighted by Crippen LogP contribution is 2.13. The molecule has 0 fully saturated rings. The molecule has 0 aliphatic heterocycles. The summed E-state index contributed by atoms with van der Waals surface area (Å²) in [6, 6.07) is 3.52. The predicted octanol–water partition coefficient (Wildman–Crippen LogP) is 1.45. The molecule has 0 heterocycles. The van der Waals surface area contributed by atoms with Crippen molar-refractivity contribution in [3.8, 4) is 0 Å². The first-order valence-corrected chi connectivity index (χ1v) is 4.20. The van der Waals surface area contributed by atoms with Crippen LogP contribution in [0.15, 0.2) is 18.2 Å². The summed E-state index contributed by atoms with van der Waals surface area (Å²) in [7, 11) is 0. The maximum atomic E-state index is 12.7. The van der Waals surface area contributed by atoms with Crippen LogP contribution in [0.3, 0.4) is 0 Å². The van der Waals surface area contributed by atoms with E-state index in [1.165, 1.54) is 12.1 Å². The molecule has 1 aromatic rings. The Bertz CT molecular complexity index is 347. The topological polar surface area (TPSA) is 57.5 Å². The molecule has 14 heavy (non-hydrogen) atoms. The van der Waals surface area contributed by atoms with E-state index in [1.807, 2.05) is 0 Å². The molecular weight excluding hydrogens is 187 g/mol. The summed E-state index contributed by atoms with van der Waals surface area (Å²) in [6.45, 7) is 1.55. The number of aliphatic hydroxyl groups excluding tert-OH is 1. The highest BCUT2D eigenvalue weighted by molar-refractivity contribution is 5.89. The Morgan fingerprint density at radius 3 is 2.71 bits per heavy atom. The highest BCUT2D eigenvalue weighted by Gasteiger charge is 2.12. The number of halogens is 1. The van der Waals surface area contributed by atoms with Gasteiger partial charge in [-0.2, -0.15) is 0 Å². The van der Waals surface area contributed by atoms with Gasteiger partial charge in [0.2, 0.25) is 0 Å². The van der Waals surface area contributed by atoms with Crippen molar-refractivity contribution in [1.29, 1.82) is 0 Å². The molecule has 0 bridgehead atoms. The Kier molecular flexibility index (Phi) is 3.19. The minimum absolute atomic E-state index is 0.0918. The third-order valence-corrected chi connectivity index (χ3v) is 1.82. The minimum Gasteiger partial charge on any atom is -0.478 e. The molecule has 1 atom stereocenters. The standard InChI is InChI=1S/C10H11FO3/c1-6(12)4-7-2-3-8(11)5-9(7)10(13)14/h2-3,5-6,12H,4H2,1H3,(H,13,14). The fourth-order valence-electron chi connectivity index (χ4n) is 1.24. The van der Waals surface area contributed by atoms with E-state index in [0.717, 1.165) is 6.07 Å². The Balaban J connectivity index is 3.08. The van der Waals surface area contributed by atoms with E-state index in [1.54, 1.807) is 6.92 Å². The summed E-state index contributed by atoms with van der Waals surface area (Å²) in [5, 5.41) is 17.8. The number of hydrogen-bond donors (Lipinski definition) is 2. The van der Waals surface area contributed by atoms with Crippen molar-refractivity contribution >= 4 is 5.97 Å². The van der Waals surface area contributed by atoms with Crippen LogP contribution in [0.25, 0.3) is 0 Å². The van der Waals surface area contributed by atoms with Gasteiger partial charge in [0.15, 0.2) is 0 Å². The molecule has 0 saturated heterocycles. The second kappa shape index (κ2) is 4.19. The Labute approximate surface area is 80.8 Å². The van der Waals surface area contributed by atoms with Gasteiger partial charge in [0.25, 0.3) is 0 Å². The maximum absolute atomic E-state index is 12.7. The molecule has 0 amide bonds. The Morgan fingerprint density at radius 1 is 1.57 bits per heavy atom. The van der Waals surface area contributed by atoms with Crippen molar-refractivity contribution < 1.29 is 19.4 Å². The van der Waals surface area contributed by atoms with E-state index < -0.39 is 17.9 Å². The second-order valence-corrected chi connectivity index (χ2v) is 3.16. The van der Waals surface area contributed by atoms with Crippen LogP contribution in [0, 0.1) is 5.82 Å². The van der Waals surface area contributed by atoms with Crippen LogP contribution in [0.2, 0.25) is 0 Å². The number of benzene rings is 1. The number of aliphatic hydroxyl groups is 1. The van der Waals surface area contributed by atoms with E-state index in [0.29, 0.717) is 5.56 Å². The summed E-state index contributed by atoms with van der Waals surface area (Å²) in [5.41, 5.74) is 0.347. The van der Waals surface area contributed by atoms with Gasteiger partial charge in [0, 0.05) is 0 Å². The second-order valence-electron chi connectivity index (χ2n) is 3.16. The van der Waals surface area contributed by atoms with Crippen LogP contribution in [0.5, 0.6) is 0 Å². The summed E-state index contributed by atoms with van der Waals surface area (Å²) in [5.74, 6) is -1.77. The van der Waals surface area contributed by atoms with E-state index >= 15 is 0 Å². The van der Waals surface area contributed by atoms with E-state index in [-0.39, 0.29) is 12.0 Å². The minimum atomic E-state index is -1.18. The van der Waals surface area contributed by atoms with E-state index in [2.05, 4.69) is 0 Å². The molecule has 0 aliphatic carbocycles. The third kappa shape index (κ3) is 2.53. The van der Waals surface area contributed by atoms with Crippen LogP contribution < -0.4 is 0 Å². The quantitative estimate of drug-likeness (QED) is 0.772. The van der Waals surface area contributed by atoms with Crippen molar-refractivity contribution in [2.45, 2.75) is 19.4 Å². The van der Waals surface area contributed by atoms with Gasteiger partial charge in [0.1, 0.15) is 5.82 Å². The number of carbonyl (C=O) groups is 1. The molecular formula is C10H11FO3. The number of rotatable bonds is 3. The lowest BCUT2D eigenvalue weighted by Gasteiger charge is -2.07. The highest BCUT2D eigenvalue weighted by atomic mass is 19.1. The van der Waals surface area contributed by atoms with E-state index in [4.69, 9.17) is 10.2 Å². The number of aromatic carboxylic acids is 1. The molecule has 0 aliphatic rings. The SMILES string of the molecule is CC(O)Cc1ccc(F)cc1C(=O)O. The summed E-state index contributed by atoms with van der Waals surface area (Å²) in [6.07, 6.45) is -0.430. The van der Waals surface area contributed by atoms with Crippen LogP contribution in [-0.2, 0) is 6.42 Å². The van der Waals surface area contributed by atoms with Gasteiger partial charge in [-0.15, -0.1) is 0 Å². The molecule has 1 aromatic carbocycles. The molecule has 2 N–H and O–H groups in total. The normalized spacial score (nSPS) is 12.5. The fraction of sp³-hybridized carbons (Fsp3) is 0.300. The first-order chi connectivity index (χ1) is 6.50. The van der Waals surface area contributed by atoms with Gasteiger partial charge < -0.3 is 10.2 Å². The van der Waals surface area contributed by atoms with Gasteiger partial charge in [-0.25, -0.2) is 9.18 Å². The molecule has 0 spiro atoms. The lowest BCUT2D eigenvalue weighted by atomic mass is 10.0. The van der Waals surface area contributed by atoms with Crippen LogP contribution >= 0.6 is 0 Å². The molecule has 4 heteroatoms. The summed E-state index contributed by atoms with van der Waals surface area (Å²) >= 11 is 0. The van der Waals surface area contributed by atoms with Crippen molar-refractivity contribution in [3.63, 3.8) is 0 Å². The lowest BCUT2D eigenvalue weighted by molar-refractivity contribution is 0.0694. The zero-order chi connectivity index (χ0) is 10.7. The molecule has 76 valence electrons. The fourth-order valence-corrected chi connectivity index (χ4v) is 1.24. The monoisotopic (exact) mass is 198 g/mol. The lowest BCUT2D eigenvalue weighted by Crippen LogP contribution is -2.10. The average molecular weight is 198 g/mol. The largest absolute Gasteiger partial charge is 0.478 e. The molecule has 0 radical (unpaired) electrons. The Hall–Kier alpha value is -1.42. The number of carboxylic acid groups (broad SMARTS) is 1. The molecule has 0 aromatic heterocycles. The Morgan fingerprint density at radius 2 is 2.21 bits per heavy atom. The van der Waals surface area contributed by atoms with Gasteiger partial charge in [-0.1, -0.05) is 6.07 Å². The predicted molar refractivity (Wildman–Crippen MR) is 48.7 cm³/mol. The zero-order valence-corrected chi connectivity index (χ0v) is 7.70. The van der Waals surface area contributed by atoms with Crippen molar-refractivity contribution in [3.05, 3.63) is 35.1 Å². The third-order valence-electron chi connectivity index (χ3n) is 1.82. The van der Waals surface area contributed by atoms with Crippen molar-refractivity contribution in [1.82, 2.24) is 0 Å². The summed E-state index contributed by atoms with van der Waals surface area (Å²) in [4.78, 5) is 10.7. The van der Waals surface area contributed by atoms with Crippen molar-refractivity contribution in [2.24, 2.45) is 0 Å².